The highest BCUT2D eigenvalue weighted by atomic mass is 16.5. The third-order valence-electron chi connectivity index (χ3n) is 4.28. The second-order valence-electron chi connectivity index (χ2n) is 6.67. The van der Waals surface area contributed by atoms with Gasteiger partial charge in [-0.25, -0.2) is 0 Å². The van der Waals surface area contributed by atoms with Gasteiger partial charge < -0.3 is 15.8 Å². The van der Waals surface area contributed by atoms with Gasteiger partial charge >= 0.3 is 0 Å². The minimum atomic E-state index is -0.166. The van der Waals surface area contributed by atoms with E-state index in [-0.39, 0.29) is 11.5 Å². The molecule has 5 heteroatoms. The van der Waals surface area contributed by atoms with Crippen LogP contribution in [-0.4, -0.2) is 24.1 Å². The van der Waals surface area contributed by atoms with Gasteiger partial charge in [0, 0.05) is 29.3 Å². The average molecular weight is 324 g/mol. The van der Waals surface area contributed by atoms with Crippen molar-refractivity contribution in [3.05, 3.63) is 59.9 Å². The SMILES string of the molecule is CC(C)(CN=C(N)NC1CCOc2ccccc21)c1ccccn1. The molecule has 0 radical (unpaired) electrons. The number of nitrogens with zero attached hydrogens (tertiary/aromatic N) is 2. The van der Waals surface area contributed by atoms with E-state index >= 15 is 0 Å². The highest BCUT2D eigenvalue weighted by molar-refractivity contribution is 5.78. The van der Waals surface area contributed by atoms with Crippen LogP contribution in [0.25, 0.3) is 0 Å². The van der Waals surface area contributed by atoms with Crippen molar-refractivity contribution in [3.63, 3.8) is 0 Å². The van der Waals surface area contributed by atoms with E-state index in [0.717, 1.165) is 23.4 Å². The largest absolute Gasteiger partial charge is 0.493 e. The number of fused-ring (bicyclic) bond motifs is 1. The van der Waals surface area contributed by atoms with Gasteiger partial charge in [-0.1, -0.05) is 38.1 Å². The lowest BCUT2D eigenvalue weighted by Crippen LogP contribution is -2.38. The highest BCUT2D eigenvalue weighted by Gasteiger charge is 2.23. The van der Waals surface area contributed by atoms with Gasteiger partial charge in [0.2, 0.25) is 0 Å². The normalized spacial score (nSPS) is 17.8. The molecule has 1 aliphatic rings. The minimum absolute atomic E-state index is 0.136. The molecule has 0 bridgehead atoms. The molecular formula is C19H24N4O. The highest BCUT2D eigenvalue weighted by Crippen LogP contribution is 2.31. The summed E-state index contributed by atoms with van der Waals surface area (Å²) in [5.41, 5.74) is 8.10. The van der Waals surface area contributed by atoms with Crippen molar-refractivity contribution in [2.45, 2.75) is 31.7 Å². The first-order chi connectivity index (χ1) is 11.6. The van der Waals surface area contributed by atoms with Crippen molar-refractivity contribution < 1.29 is 4.74 Å². The first-order valence-electron chi connectivity index (χ1n) is 8.26. The van der Waals surface area contributed by atoms with E-state index in [1.54, 1.807) is 6.20 Å². The summed E-state index contributed by atoms with van der Waals surface area (Å²) in [7, 11) is 0. The summed E-state index contributed by atoms with van der Waals surface area (Å²) in [5.74, 6) is 1.38. The Balaban J connectivity index is 1.67. The number of nitrogens with one attached hydrogen (secondary N) is 1. The Morgan fingerprint density at radius 2 is 2.08 bits per heavy atom. The first-order valence-corrected chi connectivity index (χ1v) is 8.26. The number of para-hydroxylation sites is 1. The van der Waals surface area contributed by atoms with Crippen LogP contribution in [0.4, 0.5) is 0 Å². The molecule has 0 saturated carbocycles. The molecule has 0 fully saturated rings. The molecule has 1 aromatic heterocycles. The fraction of sp³-hybridized carbons (Fsp3) is 0.368. The lowest BCUT2D eigenvalue weighted by atomic mass is 9.89. The Morgan fingerprint density at radius 3 is 2.88 bits per heavy atom. The number of rotatable bonds is 4. The van der Waals surface area contributed by atoms with Crippen molar-refractivity contribution in [1.29, 1.82) is 0 Å². The zero-order valence-corrected chi connectivity index (χ0v) is 14.2. The van der Waals surface area contributed by atoms with Gasteiger partial charge in [0.25, 0.3) is 0 Å². The second kappa shape index (κ2) is 6.91. The quantitative estimate of drug-likeness (QED) is 0.670. The maximum Gasteiger partial charge on any atom is 0.189 e. The third-order valence-corrected chi connectivity index (χ3v) is 4.28. The van der Waals surface area contributed by atoms with Crippen molar-refractivity contribution in [2.75, 3.05) is 13.2 Å². The molecule has 0 spiro atoms. The van der Waals surface area contributed by atoms with Crippen LogP contribution in [0, 0.1) is 0 Å². The van der Waals surface area contributed by atoms with Crippen LogP contribution in [0.5, 0.6) is 5.75 Å². The van der Waals surface area contributed by atoms with E-state index in [0.29, 0.717) is 19.1 Å². The van der Waals surface area contributed by atoms with Crippen LogP contribution >= 0.6 is 0 Å². The molecule has 0 aliphatic carbocycles. The summed E-state index contributed by atoms with van der Waals surface area (Å²) in [4.78, 5) is 8.97. The number of hydrogen-bond acceptors (Lipinski definition) is 3. The van der Waals surface area contributed by atoms with Gasteiger partial charge in [-0.05, 0) is 18.2 Å². The molecule has 24 heavy (non-hydrogen) atoms. The molecule has 0 saturated heterocycles. The summed E-state index contributed by atoms with van der Waals surface area (Å²) < 4.78 is 5.68. The molecule has 2 aromatic rings. The van der Waals surface area contributed by atoms with E-state index in [1.165, 1.54) is 0 Å². The third kappa shape index (κ3) is 3.67. The van der Waals surface area contributed by atoms with Gasteiger partial charge in [-0.2, -0.15) is 0 Å². The van der Waals surface area contributed by atoms with E-state index in [1.807, 2.05) is 36.4 Å². The zero-order chi connectivity index (χ0) is 17.0. The van der Waals surface area contributed by atoms with Crippen LogP contribution in [0.3, 0.4) is 0 Å². The topological polar surface area (TPSA) is 72.5 Å². The standard InChI is InChI=1S/C19H24N4O/c1-19(2,17-9-5-6-11-21-17)13-22-18(20)23-15-10-12-24-16-8-4-3-7-14(15)16/h3-9,11,15H,10,12-13H2,1-2H3,(H3,20,22,23). The van der Waals surface area contributed by atoms with Gasteiger partial charge in [0.05, 0.1) is 19.2 Å². The summed E-state index contributed by atoms with van der Waals surface area (Å²) in [6.45, 7) is 5.50. The van der Waals surface area contributed by atoms with Crippen molar-refractivity contribution >= 4 is 5.96 Å². The minimum Gasteiger partial charge on any atom is -0.493 e. The zero-order valence-electron chi connectivity index (χ0n) is 14.2. The number of aliphatic imine (C=N–C) groups is 1. The molecule has 126 valence electrons. The second-order valence-corrected chi connectivity index (χ2v) is 6.67. The molecular weight excluding hydrogens is 300 g/mol. The Kier molecular flexibility index (Phi) is 4.69. The Bertz CT molecular complexity index is 712. The van der Waals surface area contributed by atoms with E-state index in [2.05, 4.69) is 35.2 Å². The predicted molar refractivity (Wildman–Crippen MR) is 96.2 cm³/mol. The lowest BCUT2D eigenvalue weighted by molar-refractivity contribution is 0.262. The van der Waals surface area contributed by atoms with Crippen LogP contribution in [0.15, 0.2) is 53.7 Å². The summed E-state index contributed by atoms with van der Waals surface area (Å²) >= 11 is 0. The molecule has 1 aliphatic heterocycles. The number of guanidine groups is 1. The first kappa shape index (κ1) is 16.3. The van der Waals surface area contributed by atoms with Crippen molar-refractivity contribution in [1.82, 2.24) is 10.3 Å². The molecule has 2 heterocycles. The van der Waals surface area contributed by atoms with Crippen molar-refractivity contribution in [2.24, 2.45) is 10.7 Å². The van der Waals surface area contributed by atoms with Gasteiger partial charge in [0.1, 0.15) is 5.75 Å². The van der Waals surface area contributed by atoms with Crippen LogP contribution < -0.4 is 15.8 Å². The summed E-state index contributed by atoms with van der Waals surface area (Å²) in [6.07, 6.45) is 2.68. The smallest absolute Gasteiger partial charge is 0.189 e. The lowest BCUT2D eigenvalue weighted by Gasteiger charge is -2.27. The molecule has 1 atom stereocenters. The molecule has 5 nitrogen and oxygen atoms in total. The van der Waals surface area contributed by atoms with Crippen LogP contribution in [0.1, 0.15) is 37.6 Å². The summed E-state index contributed by atoms with van der Waals surface area (Å²) in [6, 6.07) is 14.1. The maximum atomic E-state index is 6.12. The van der Waals surface area contributed by atoms with E-state index < -0.39 is 0 Å². The summed E-state index contributed by atoms with van der Waals surface area (Å²) in [5, 5.41) is 3.33. The Hall–Kier alpha value is -2.56. The Labute approximate surface area is 143 Å². The Morgan fingerprint density at radius 1 is 1.29 bits per heavy atom. The van der Waals surface area contributed by atoms with E-state index in [4.69, 9.17) is 10.5 Å². The number of ether oxygens (including phenoxy) is 1. The van der Waals surface area contributed by atoms with Crippen molar-refractivity contribution in [3.8, 4) is 5.75 Å². The molecule has 1 aromatic carbocycles. The van der Waals surface area contributed by atoms with Crippen LogP contribution in [0.2, 0.25) is 0 Å². The molecule has 3 N–H and O–H groups in total. The van der Waals surface area contributed by atoms with Gasteiger partial charge in [-0.15, -0.1) is 0 Å². The number of nitrogens with two attached hydrogens (primary N) is 1. The number of benzene rings is 1. The van der Waals surface area contributed by atoms with Gasteiger partial charge in [-0.3, -0.25) is 9.98 Å². The number of aromatic nitrogens is 1. The maximum absolute atomic E-state index is 6.12. The molecule has 3 rings (SSSR count). The van der Waals surface area contributed by atoms with Gasteiger partial charge in [0.15, 0.2) is 5.96 Å². The monoisotopic (exact) mass is 324 g/mol. The predicted octanol–water partition coefficient (Wildman–Crippen LogP) is 2.79. The molecule has 0 amide bonds. The van der Waals surface area contributed by atoms with Crippen LogP contribution in [-0.2, 0) is 5.41 Å². The average Bonchev–Trinajstić information content (AvgIpc) is 2.61. The fourth-order valence-corrected chi connectivity index (χ4v) is 2.84. The fourth-order valence-electron chi connectivity index (χ4n) is 2.84. The molecule has 1 unspecified atom stereocenters. The number of pyridine rings is 1. The van der Waals surface area contributed by atoms with E-state index in [9.17, 15) is 0 Å². The number of hydrogen-bond donors (Lipinski definition) is 2.